The molecule has 1 aromatic rings. The first-order valence-electron chi connectivity index (χ1n) is 3.12. The zero-order chi connectivity index (χ0) is 8.27. The molecule has 0 radical (unpaired) electrons. The average Bonchev–Trinajstić information content (AvgIpc) is 2.05. The quantitative estimate of drug-likeness (QED) is 0.362. The van der Waals surface area contributed by atoms with E-state index in [0.717, 1.165) is 5.59 Å². The first kappa shape index (κ1) is 7.72. The average molecular weight is 150 g/mol. The van der Waals surface area contributed by atoms with Crippen LogP contribution in [-0.2, 0) is 4.74 Å². The molecule has 1 heterocycles. The first-order valence-corrected chi connectivity index (χ1v) is 3.12. The molecule has 56 valence electrons. The van der Waals surface area contributed by atoms with Crippen LogP contribution in [0.5, 0.6) is 0 Å². The van der Waals surface area contributed by atoms with Gasteiger partial charge in [-0.05, 0) is 12.1 Å². The molecule has 5 heteroatoms. The van der Waals surface area contributed by atoms with Crippen molar-refractivity contribution in [1.82, 2.24) is 10.2 Å². The van der Waals surface area contributed by atoms with Crippen LogP contribution in [0.1, 0.15) is 10.5 Å². The standard InChI is InChI=1S/C6H7BN2O2/c1-11-6(10)4-2-3-5(7)9-8-4/h2-3H,7H2,1H3. The Morgan fingerprint density at radius 3 is 2.73 bits per heavy atom. The first-order chi connectivity index (χ1) is 5.24. The van der Waals surface area contributed by atoms with Gasteiger partial charge in [-0.3, -0.25) is 0 Å². The lowest BCUT2D eigenvalue weighted by molar-refractivity contribution is 0.0593. The molecule has 0 aromatic carbocycles. The lowest BCUT2D eigenvalue weighted by Crippen LogP contribution is -2.13. The third-order valence-corrected chi connectivity index (χ3v) is 1.19. The fourth-order valence-corrected chi connectivity index (χ4v) is 0.612. The van der Waals surface area contributed by atoms with Crippen LogP contribution in [0, 0.1) is 0 Å². The Balaban J connectivity index is 2.90. The Labute approximate surface area is 65.0 Å². The minimum atomic E-state index is -0.461. The van der Waals surface area contributed by atoms with Gasteiger partial charge in [-0.2, -0.15) is 5.10 Å². The summed E-state index contributed by atoms with van der Waals surface area (Å²) >= 11 is 0. The molecule has 0 bridgehead atoms. The zero-order valence-electron chi connectivity index (χ0n) is 6.37. The summed E-state index contributed by atoms with van der Waals surface area (Å²) in [4.78, 5) is 10.8. The van der Waals surface area contributed by atoms with E-state index in [1.165, 1.54) is 7.11 Å². The maximum Gasteiger partial charge on any atom is 0.358 e. The minimum absolute atomic E-state index is 0.234. The number of methoxy groups -OCH3 is 1. The Bertz CT molecular complexity index is 260. The second-order valence-electron chi connectivity index (χ2n) is 2.05. The smallest absolute Gasteiger partial charge is 0.358 e. The molecule has 1 aromatic heterocycles. The van der Waals surface area contributed by atoms with Crippen LogP contribution >= 0.6 is 0 Å². The van der Waals surface area contributed by atoms with Gasteiger partial charge in [0.2, 0.25) is 0 Å². The zero-order valence-corrected chi connectivity index (χ0v) is 6.37. The number of hydrogen-bond donors (Lipinski definition) is 0. The highest BCUT2D eigenvalue weighted by Gasteiger charge is 2.05. The Morgan fingerprint density at radius 1 is 1.55 bits per heavy atom. The van der Waals surface area contributed by atoms with Gasteiger partial charge in [0, 0.05) is 5.59 Å². The van der Waals surface area contributed by atoms with Crippen molar-refractivity contribution in [2.24, 2.45) is 0 Å². The van der Waals surface area contributed by atoms with Crippen LogP contribution in [0.25, 0.3) is 0 Å². The van der Waals surface area contributed by atoms with E-state index in [1.54, 1.807) is 20.0 Å². The van der Waals surface area contributed by atoms with E-state index < -0.39 is 5.97 Å². The third-order valence-electron chi connectivity index (χ3n) is 1.19. The fourth-order valence-electron chi connectivity index (χ4n) is 0.612. The largest absolute Gasteiger partial charge is 0.464 e. The van der Waals surface area contributed by atoms with E-state index in [4.69, 9.17) is 0 Å². The van der Waals surface area contributed by atoms with Gasteiger partial charge in [0.25, 0.3) is 0 Å². The number of aromatic nitrogens is 2. The van der Waals surface area contributed by atoms with Gasteiger partial charge in [0.05, 0.1) is 7.11 Å². The molecule has 1 rings (SSSR count). The molecule has 0 atom stereocenters. The van der Waals surface area contributed by atoms with Crippen LogP contribution in [-0.4, -0.2) is 31.1 Å². The lowest BCUT2D eigenvalue weighted by atomic mass is 10.1. The maximum absolute atomic E-state index is 10.8. The molecule has 0 saturated carbocycles. The number of carbonyl (C=O) groups is 1. The number of carbonyl (C=O) groups excluding carboxylic acids is 1. The van der Waals surface area contributed by atoms with Crippen LogP contribution < -0.4 is 5.59 Å². The van der Waals surface area contributed by atoms with Gasteiger partial charge in [-0.15, -0.1) is 5.10 Å². The molecule has 11 heavy (non-hydrogen) atoms. The van der Waals surface area contributed by atoms with Crippen molar-refractivity contribution in [2.75, 3.05) is 7.11 Å². The summed E-state index contributed by atoms with van der Waals surface area (Å²) in [5.41, 5.74) is 1.01. The van der Waals surface area contributed by atoms with Gasteiger partial charge < -0.3 is 4.74 Å². The number of esters is 1. The minimum Gasteiger partial charge on any atom is -0.464 e. The highest BCUT2D eigenvalue weighted by atomic mass is 16.5. The third kappa shape index (κ3) is 1.76. The van der Waals surface area contributed by atoms with E-state index in [-0.39, 0.29) is 5.69 Å². The highest BCUT2D eigenvalue weighted by Crippen LogP contribution is 1.90. The van der Waals surface area contributed by atoms with Crippen molar-refractivity contribution in [3.05, 3.63) is 17.8 Å². The van der Waals surface area contributed by atoms with Gasteiger partial charge in [-0.1, -0.05) is 0 Å². The van der Waals surface area contributed by atoms with Crippen molar-refractivity contribution in [3.63, 3.8) is 0 Å². The van der Waals surface area contributed by atoms with Crippen molar-refractivity contribution >= 4 is 19.4 Å². The molecule has 0 N–H and O–H groups in total. The predicted octanol–water partition coefficient (Wildman–Crippen LogP) is -1.48. The summed E-state index contributed by atoms with van der Waals surface area (Å²) in [5.74, 6) is -0.461. The van der Waals surface area contributed by atoms with E-state index in [1.807, 2.05) is 0 Å². The summed E-state index contributed by atoms with van der Waals surface area (Å²) in [6.07, 6.45) is 0. The van der Waals surface area contributed by atoms with Crippen molar-refractivity contribution in [3.8, 4) is 0 Å². The van der Waals surface area contributed by atoms with E-state index in [0.29, 0.717) is 0 Å². The van der Waals surface area contributed by atoms with Crippen LogP contribution in [0.3, 0.4) is 0 Å². The van der Waals surface area contributed by atoms with E-state index in [2.05, 4.69) is 14.9 Å². The molecule has 0 fully saturated rings. The summed E-state index contributed by atoms with van der Waals surface area (Å²) in [6, 6.07) is 3.29. The Hall–Kier alpha value is -1.39. The molecule has 0 aliphatic rings. The summed E-state index contributed by atoms with van der Waals surface area (Å²) in [5, 5.41) is 7.32. The molecular formula is C6H7BN2O2. The second kappa shape index (κ2) is 3.14. The van der Waals surface area contributed by atoms with Crippen LogP contribution in [0.15, 0.2) is 12.1 Å². The molecule has 4 nitrogen and oxygen atoms in total. The molecular weight excluding hydrogens is 143 g/mol. The normalized spacial score (nSPS) is 9.18. The topological polar surface area (TPSA) is 52.1 Å². The van der Waals surface area contributed by atoms with Crippen LogP contribution in [0.4, 0.5) is 0 Å². The molecule has 0 unspecified atom stereocenters. The molecule has 0 aliphatic carbocycles. The van der Waals surface area contributed by atoms with Crippen molar-refractivity contribution in [1.29, 1.82) is 0 Å². The number of hydrogen-bond acceptors (Lipinski definition) is 4. The maximum atomic E-state index is 10.8. The van der Waals surface area contributed by atoms with Gasteiger partial charge in [0.15, 0.2) is 13.5 Å². The van der Waals surface area contributed by atoms with Gasteiger partial charge >= 0.3 is 5.97 Å². The number of ether oxygens (including phenoxy) is 1. The highest BCUT2D eigenvalue weighted by molar-refractivity contribution is 6.30. The molecule has 0 saturated heterocycles. The van der Waals surface area contributed by atoms with E-state index >= 15 is 0 Å². The van der Waals surface area contributed by atoms with Crippen molar-refractivity contribution in [2.45, 2.75) is 0 Å². The summed E-state index contributed by atoms with van der Waals surface area (Å²) < 4.78 is 4.43. The number of rotatable bonds is 1. The Morgan fingerprint density at radius 2 is 2.27 bits per heavy atom. The summed E-state index contributed by atoms with van der Waals surface area (Å²) in [6.45, 7) is 0. The fraction of sp³-hybridized carbons (Fsp3) is 0.167. The molecule has 0 spiro atoms. The number of nitrogens with zero attached hydrogens (tertiary/aromatic N) is 2. The van der Waals surface area contributed by atoms with Gasteiger partial charge in [-0.25, -0.2) is 4.79 Å². The SMILES string of the molecule is Bc1ccc(C(=O)OC)nn1. The predicted molar refractivity (Wildman–Crippen MR) is 41.5 cm³/mol. The second-order valence-corrected chi connectivity index (χ2v) is 2.05. The lowest BCUT2D eigenvalue weighted by Gasteiger charge is -1.95. The van der Waals surface area contributed by atoms with Crippen molar-refractivity contribution < 1.29 is 9.53 Å². The molecule has 0 amide bonds. The van der Waals surface area contributed by atoms with Crippen LogP contribution in [0.2, 0.25) is 0 Å². The molecule has 0 aliphatic heterocycles. The monoisotopic (exact) mass is 150 g/mol. The Kier molecular flexibility index (Phi) is 2.20. The summed E-state index contributed by atoms with van der Waals surface area (Å²) in [7, 11) is 3.11. The van der Waals surface area contributed by atoms with Gasteiger partial charge in [0.1, 0.15) is 0 Å². The van der Waals surface area contributed by atoms with E-state index in [9.17, 15) is 4.79 Å².